The molecule has 0 bridgehead atoms. The minimum atomic E-state index is 0.750. The first-order valence-electron chi connectivity index (χ1n) is 8.75. The lowest BCUT2D eigenvalue weighted by molar-refractivity contribution is 0.415. The zero-order valence-corrected chi connectivity index (χ0v) is 14.6. The van der Waals surface area contributed by atoms with E-state index in [2.05, 4.69) is 42.2 Å². The van der Waals surface area contributed by atoms with Crippen LogP contribution in [0.3, 0.4) is 0 Å². The monoisotopic (exact) mass is 322 g/mol. The molecule has 2 aromatic carbocycles. The van der Waals surface area contributed by atoms with Gasteiger partial charge >= 0.3 is 0 Å². The Kier molecular flexibility index (Phi) is 5.21. The number of fused-ring (bicyclic) bond motifs is 1. The molecule has 0 fully saturated rings. The van der Waals surface area contributed by atoms with E-state index < -0.39 is 0 Å². The standard InChI is InChI=1S/C21H26N2O/c1-3-15-7-6-9-19-18(8-4-5-14-22)21(23-20(15)19)16-10-12-17(24-2)13-11-16/h6-7,9-13,23H,3-5,8,14,22H2,1-2H3. The zero-order chi connectivity index (χ0) is 16.9. The molecular weight excluding hydrogens is 296 g/mol. The summed E-state index contributed by atoms with van der Waals surface area (Å²) in [4.78, 5) is 3.69. The van der Waals surface area contributed by atoms with E-state index in [1.807, 2.05) is 12.1 Å². The Morgan fingerprint density at radius 3 is 2.50 bits per heavy atom. The van der Waals surface area contributed by atoms with E-state index in [-0.39, 0.29) is 0 Å². The van der Waals surface area contributed by atoms with Crippen LogP contribution in [-0.4, -0.2) is 18.6 Å². The number of hydrogen-bond acceptors (Lipinski definition) is 2. The average Bonchev–Trinajstić information content (AvgIpc) is 3.01. The summed E-state index contributed by atoms with van der Waals surface area (Å²) < 4.78 is 5.29. The lowest BCUT2D eigenvalue weighted by atomic mass is 9.99. The van der Waals surface area contributed by atoms with E-state index in [1.54, 1.807) is 7.11 Å². The molecule has 1 aromatic heterocycles. The minimum Gasteiger partial charge on any atom is -0.497 e. The van der Waals surface area contributed by atoms with Crippen LogP contribution in [0.2, 0.25) is 0 Å². The molecule has 24 heavy (non-hydrogen) atoms. The van der Waals surface area contributed by atoms with E-state index >= 15 is 0 Å². The van der Waals surface area contributed by atoms with Gasteiger partial charge in [0.15, 0.2) is 0 Å². The van der Waals surface area contributed by atoms with Gasteiger partial charge in [-0.1, -0.05) is 25.1 Å². The first-order chi connectivity index (χ1) is 11.8. The van der Waals surface area contributed by atoms with Gasteiger partial charge in [-0.25, -0.2) is 0 Å². The van der Waals surface area contributed by atoms with E-state index in [0.717, 1.165) is 38.0 Å². The number of nitrogens with one attached hydrogen (secondary N) is 1. The number of para-hydroxylation sites is 1. The Hall–Kier alpha value is -2.26. The molecule has 1 heterocycles. The highest BCUT2D eigenvalue weighted by Gasteiger charge is 2.14. The molecule has 0 amide bonds. The van der Waals surface area contributed by atoms with Crippen molar-refractivity contribution in [3.8, 4) is 17.0 Å². The van der Waals surface area contributed by atoms with Crippen molar-refractivity contribution in [3.05, 3.63) is 53.6 Å². The number of benzene rings is 2. The lowest BCUT2D eigenvalue weighted by Gasteiger charge is -2.06. The highest BCUT2D eigenvalue weighted by atomic mass is 16.5. The number of rotatable bonds is 7. The molecule has 0 spiro atoms. The second kappa shape index (κ2) is 7.54. The first-order valence-corrected chi connectivity index (χ1v) is 8.75. The molecule has 3 N–H and O–H groups in total. The Labute approximate surface area is 143 Å². The number of ether oxygens (including phenoxy) is 1. The fraction of sp³-hybridized carbons (Fsp3) is 0.333. The van der Waals surface area contributed by atoms with Gasteiger partial charge in [0.05, 0.1) is 7.11 Å². The predicted octanol–water partition coefficient (Wildman–Crippen LogP) is 4.69. The van der Waals surface area contributed by atoms with Crippen molar-refractivity contribution >= 4 is 10.9 Å². The van der Waals surface area contributed by atoms with Crippen molar-refractivity contribution < 1.29 is 4.74 Å². The highest BCUT2D eigenvalue weighted by molar-refractivity contribution is 5.92. The van der Waals surface area contributed by atoms with Gasteiger partial charge in [0, 0.05) is 16.6 Å². The van der Waals surface area contributed by atoms with Crippen LogP contribution in [0.15, 0.2) is 42.5 Å². The summed E-state index contributed by atoms with van der Waals surface area (Å²) in [5.74, 6) is 0.883. The molecule has 0 aliphatic carbocycles. The van der Waals surface area contributed by atoms with Crippen LogP contribution in [0.5, 0.6) is 5.75 Å². The quantitative estimate of drug-likeness (QED) is 0.620. The Morgan fingerprint density at radius 2 is 1.83 bits per heavy atom. The molecule has 0 radical (unpaired) electrons. The Balaban J connectivity index is 2.11. The van der Waals surface area contributed by atoms with Gasteiger partial charge in [-0.05, 0) is 73.2 Å². The maximum atomic E-state index is 5.69. The topological polar surface area (TPSA) is 51.0 Å². The second-order valence-corrected chi connectivity index (χ2v) is 6.15. The number of H-pyrrole nitrogens is 1. The zero-order valence-electron chi connectivity index (χ0n) is 14.6. The van der Waals surface area contributed by atoms with Crippen LogP contribution in [0.1, 0.15) is 30.9 Å². The van der Waals surface area contributed by atoms with Crippen LogP contribution in [0.25, 0.3) is 22.2 Å². The maximum absolute atomic E-state index is 5.69. The van der Waals surface area contributed by atoms with Gasteiger partial charge in [0.1, 0.15) is 5.75 Å². The molecular formula is C21H26N2O. The molecule has 0 unspecified atom stereocenters. The predicted molar refractivity (Wildman–Crippen MR) is 102 cm³/mol. The van der Waals surface area contributed by atoms with Crippen molar-refractivity contribution in [2.75, 3.05) is 13.7 Å². The SMILES string of the molecule is CCc1cccc2c(CCCCN)c(-c3ccc(OC)cc3)[nH]c12. The largest absolute Gasteiger partial charge is 0.497 e. The molecule has 0 saturated carbocycles. The number of hydrogen-bond donors (Lipinski definition) is 2. The van der Waals surface area contributed by atoms with Crippen molar-refractivity contribution in [3.63, 3.8) is 0 Å². The third-order valence-corrected chi connectivity index (χ3v) is 4.67. The molecule has 0 aliphatic heterocycles. The van der Waals surface area contributed by atoms with Gasteiger partial charge in [-0.3, -0.25) is 0 Å². The van der Waals surface area contributed by atoms with E-state index in [9.17, 15) is 0 Å². The van der Waals surface area contributed by atoms with E-state index in [1.165, 1.54) is 33.3 Å². The number of aryl methyl sites for hydroxylation is 2. The third kappa shape index (κ3) is 3.17. The lowest BCUT2D eigenvalue weighted by Crippen LogP contribution is -1.99. The molecule has 126 valence electrons. The highest BCUT2D eigenvalue weighted by Crippen LogP contribution is 2.34. The number of aromatic amines is 1. The molecule has 0 aliphatic rings. The molecule has 3 nitrogen and oxygen atoms in total. The minimum absolute atomic E-state index is 0.750. The Morgan fingerprint density at radius 1 is 1.04 bits per heavy atom. The molecule has 0 atom stereocenters. The van der Waals surface area contributed by atoms with Crippen LogP contribution in [0.4, 0.5) is 0 Å². The van der Waals surface area contributed by atoms with Crippen molar-refractivity contribution in [2.24, 2.45) is 5.73 Å². The summed E-state index contributed by atoms with van der Waals surface area (Å²) >= 11 is 0. The van der Waals surface area contributed by atoms with Crippen molar-refractivity contribution in [1.82, 2.24) is 4.98 Å². The number of unbranched alkanes of at least 4 members (excludes halogenated alkanes) is 1. The molecule has 3 aromatic rings. The number of nitrogens with two attached hydrogens (primary N) is 1. The van der Waals surface area contributed by atoms with Gasteiger partial charge in [0.25, 0.3) is 0 Å². The fourth-order valence-corrected chi connectivity index (χ4v) is 3.34. The second-order valence-electron chi connectivity index (χ2n) is 6.15. The van der Waals surface area contributed by atoms with Gasteiger partial charge in [-0.15, -0.1) is 0 Å². The fourth-order valence-electron chi connectivity index (χ4n) is 3.34. The van der Waals surface area contributed by atoms with Crippen LogP contribution >= 0.6 is 0 Å². The summed E-state index contributed by atoms with van der Waals surface area (Å²) in [7, 11) is 1.70. The van der Waals surface area contributed by atoms with Crippen LogP contribution in [-0.2, 0) is 12.8 Å². The number of aromatic nitrogens is 1. The van der Waals surface area contributed by atoms with Crippen LogP contribution < -0.4 is 10.5 Å². The van der Waals surface area contributed by atoms with E-state index in [0.29, 0.717) is 0 Å². The molecule has 3 heteroatoms. The first kappa shape index (κ1) is 16.6. The average molecular weight is 322 g/mol. The maximum Gasteiger partial charge on any atom is 0.118 e. The number of methoxy groups -OCH3 is 1. The summed E-state index contributed by atoms with van der Waals surface area (Å²) in [6.45, 7) is 2.96. The smallest absolute Gasteiger partial charge is 0.118 e. The van der Waals surface area contributed by atoms with Crippen molar-refractivity contribution in [2.45, 2.75) is 32.6 Å². The summed E-state index contributed by atoms with van der Waals surface area (Å²) in [6.07, 6.45) is 4.25. The molecule has 0 saturated heterocycles. The Bertz CT molecular complexity index is 803. The summed E-state index contributed by atoms with van der Waals surface area (Å²) in [5.41, 5.74) is 12.2. The van der Waals surface area contributed by atoms with Crippen molar-refractivity contribution in [1.29, 1.82) is 0 Å². The third-order valence-electron chi connectivity index (χ3n) is 4.67. The summed E-state index contributed by atoms with van der Waals surface area (Å²) in [5, 5.41) is 1.34. The van der Waals surface area contributed by atoms with Gasteiger partial charge in [0.2, 0.25) is 0 Å². The normalized spacial score (nSPS) is 11.1. The van der Waals surface area contributed by atoms with Gasteiger partial charge < -0.3 is 15.5 Å². The van der Waals surface area contributed by atoms with E-state index in [4.69, 9.17) is 10.5 Å². The summed E-state index contributed by atoms with van der Waals surface area (Å²) in [6, 6.07) is 14.9. The molecule has 3 rings (SSSR count). The van der Waals surface area contributed by atoms with Gasteiger partial charge in [-0.2, -0.15) is 0 Å². The van der Waals surface area contributed by atoms with Crippen LogP contribution in [0, 0.1) is 0 Å².